The van der Waals surface area contributed by atoms with Crippen molar-refractivity contribution in [3.63, 3.8) is 0 Å². The molecule has 0 bridgehead atoms. The normalized spacial score (nSPS) is 27.7. The van der Waals surface area contributed by atoms with Crippen LogP contribution >= 0.6 is 0 Å². The molecule has 144 heavy (non-hydrogen) atoms. The maximum atomic E-state index is 15.9. The second kappa shape index (κ2) is 58.8. The fraction of sp³-hybridized carbons (Fsp3) is 0.776. The molecule has 0 aromatic heterocycles. The van der Waals surface area contributed by atoms with Crippen molar-refractivity contribution in [1.29, 1.82) is 0 Å². The lowest BCUT2D eigenvalue weighted by atomic mass is 9.46. The van der Waals surface area contributed by atoms with Gasteiger partial charge < -0.3 is 91.9 Å². The molecule has 0 aromatic carbocycles. The number of Topliss-reactive ketones (excluding diaryl/α,β-unsaturated/α-hetero) is 5. The van der Waals surface area contributed by atoms with Gasteiger partial charge in [0.05, 0.1) is 103 Å². The van der Waals surface area contributed by atoms with Crippen LogP contribution in [0, 0.1) is 93.7 Å². The molecule has 5 aliphatic rings. The summed E-state index contributed by atoms with van der Waals surface area (Å²) >= 11 is 0. The molecule has 814 valence electrons. The van der Waals surface area contributed by atoms with Crippen molar-refractivity contribution < 1.29 is 144 Å². The van der Waals surface area contributed by atoms with Gasteiger partial charge in [-0.15, -0.1) is 0 Å². The molecular weight excluding hydrogens is 1860 g/mol. The lowest BCUT2D eigenvalue weighted by Crippen LogP contribution is -2.62. The molecule has 5 rings (SSSR count). The number of allylic oxidation sites excluding steroid dienone is 6. The summed E-state index contributed by atoms with van der Waals surface area (Å²) in [6.07, 6.45) is 4.32. The van der Waals surface area contributed by atoms with E-state index in [4.69, 9.17) is 47.4 Å². The monoisotopic (exact) mass is 2030 g/mol. The molecule has 1 aliphatic heterocycles. The molecule has 19 atom stereocenters. The van der Waals surface area contributed by atoms with Crippen LogP contribution in [0.25, 0.3) is 0 Å². The summed E-state index contributed by atoms with van der Waals surface area (Å²) in [5, 5.41) is 23.7. The molecule has 0 aromatic rings. The third-order valence-electron chi connectivity index (χ3n) is 29.6. The molecule has 12 unspecified atom stereocenters. The molecule has 1 heterocycles. The van der Waals surface area contributed by atoms with E-state index in [-0.39, 0.29) is 197 Å². The van der Waals surface area contributed by atoms with E-state index in [2.05, 4.69) is 0 Å². The van der Waals surface area contributed by atoms with E-state index in [9.17, 15) is 77.3 Å². The first kappa shape index (κ1) is 125. The number of likely N-dealkylation sites (N-methyl/N-ethyl adjacent to an activating group) is 7. The van der Waals surface area contributed by atoms with Gasteiger partial charge >= 0.3 is 30.0 Å². The first-order valence-electron chi connectivity index (χ1n) is 51.7. The van der Waals surface area contributed by atoms with Gasteiger partial charge in [0.15, 0.2) is 29.7 Å². The number of hydrogen-bond donors (Lipinski definition) is 2. The highest BCUT2D eigenvalue weighted by Crippen LogP contribution is 2.67. The maximum absolute atomic E-state index is 15.9. The van der Waals surface area contributed by atoms with E-state index in [0.717, 1.165) is 15.4 Å². The summed E-state index contributed by atoms with van der Waals surface area (Å²) in [6, 6.07) is -7.77. The van der Waals surface area contributed by atoms with Crippen molar-refractivity contribution in [3.05, 3.63) is 36.0 Å². The Balaban J connectivity index is 1.20. The van der Waals surface area contributed by atoms with Crippen molar-refractivity contribution in [3.8, 4) is 0 Å². The number of aliphatic hydroxyl groups excluding tert-OH is 1. The lowest BCUT2D eigenvalue weighted by Gasteiger charge is -2.59. The van der Waals surface area contributed by atoms with Crippen LogP contribution in [0.5, 0.6) is 0 Å². The third kappa shape index (κ3) is 35.1. The number of nitrogens with zero attached hydrogens (tertiary/aromatic N) is 7. The molecule has 4 aliphatic carbocycles. The van der Waals surface area contributed by atoms with E-state index >= 15 is 19.2 Å². The fourth-order valence-corrected chi connectivity index (χ4v) is 21.1. The predicted molar refractivity (Wildman–Crippen MR) is 532 cm³/mol. The van der Waals surface area contributed by atoms with Gasteiger partial charge in [0.25, 0.3) is 0 Å². The number of carbonyl (C=O) groups excluding carboxylic acids is 18. The van der Waals surface area contributed by atoms with Gasteiger partial charge in [-0.25, -0.2) is 4.79 Å². The first-order valence-corrected chi connectivity index (χ1v) is 51.7. The highest BCUT2D eigenvalue weighted by molar-refractivity contribution is 6.02. The molecule has 3 saturated carbocycles. The van der Waals surface area contributed by atoms with Crippen LogP contribution in [0.3, 0.4) is 0 Å². The van der Waals surface area contributed by atoms with Crippen molar-refractivity contribution in [1.82, 2.24) is 34.3 Å². The Kier molecular flexibility index (Phi) is 51.0. The van der Waals surface area contributed by atoms with E-state index in [1.54, 1.807) is 86.6 Å². The van der Waals surface area contributed by atoms with Gasteiger partial charge in [-0.05, 0) is 143 Å². The zero-order valence-electron chi connectivity index (χ0n) is 90.7. The van der Waals surface area contributed by atoms with E-state index in [1.165, 1.54) is 73.8 Å². The van der Waals surface area contributed by atoms with Gasteiger partial charge in [0, 0.05) is 115 Å². The molecule has 0 radical (unpaired) electrons. The summed E-state index contributed by atoms with van der Waals surface area (Å²) < 4.78 is 54.2. The SMILES string of the molecule is C/C=C/C[C@@H](C)[C@@H](OC(=O)OCOC(=O)CCC(=O)OCCOCCOCCOCCOCCOC(=O)CCC(=O)OCC(=O)[C@@]1(O)CCC2C3CCC4=CC(=O)C=C[C@]4(C)C3[C@@H](O)C[C@@]21C)C1C(=O)CC(CC)C(=O)N(C)CC(=O)N(C)[C@@H](CC(C)C)C(=O)CC(C(C)C)C(=O)N(C)C(CC(C)C)C(=O)CC(C)C(=O)CC(C)C(=O)N(C)C(CC(C)C)C(=O)N(C)C(CC(C)C)C(=O)N(C)C(C(C)C)C(=O)N1C. The Morgan fingerprint density at radius 2 is 0.951 bits per heavy atom. The number of ether oxygens (including phenoxy) is 10. The zero-order chi connectivity index (χ0) is 108. The summed E-state index contributed by atoms with van der Waals surface area (Å²) in [4.78, 5) is 265. The van der Waals surface area contributed by atoms with E-state index in [0.29, 0.717) is 19.3 Å². The van der Waals surface area contributed by atoms with Crippen molar-refractivity contribution >= 4 is 106 Å². The van der Waals surface area contributed by atoms with Gasteiger partial charge in [0.2, 0.25) is 53.9 Å². The van der Waals surface area contributed by atoms with Crippen molar-refractivity contribution in [2.75, 3.05) is 135 Å². The Hall–Kier alpha value is -9.56. The molecule has 37 heteroatoms. The topological polar surface area (TPSA) is 463 Å². The minimum atomic E-state index is -1.83. The van der Waals surface area contributed by atoms with Crippen LogP contribution in [-0.2, 0) is 129 Å². The molecule has 2 N–H and O–H groups in total. The summed E-state index contributed by atoms with van der Waals surface area (Å²) in [5.74, 6) is -17.8. The van der Waals surface area contributed by atoms with E-state index in [1.807, 2.05) is 75.3 Å². The minimum Gasteiger partial charge on any atom is -0.463 e. The van der Waals surface area contributed by atoms with E-state index < -0.39 is 246 Å². The van der Waals surface area contributed by atoms with Gasteiger partial charge in [0.1, 0.15) is 54.9 Å². The summed E-state index contributed by atoms with van der Waals surface area (Å²) in [7, 11) is 9.87. The summed E-state index contributed by atoms with van der Waals surface area (Å²) in [5.41, 5.74) is -2.32. The number of esters is 4. The third-order valence-corrected chi connectivity index (χ3v) is 29.6. The standard InChI is InChI=1S/C107H171N7O30/c1-27-29-30-70(15)97(144-104(133)143-63-142-93(126)36-34-91(124)140-50-48-138-46-44-136-42-41-135-43-45-137-47-49-139-90(123)33-35-92(125)141-62-88(121)107(134)40-38-78-76-32-31-74-58-75(115)37-39-105(74,18)94(76)87(120)60-106(78,107)19)96-86(119)57-73(28-2)99(128)108(20)61-89(122)109(21)79(51-64(3)4)85(118)59-77(68(11)12)100(129)110(22)80(52-65(5)6)84(117)55-71(16)83(116)56-72(17)98(127)111(23)81(53-66(7)8)101(130)112(24)82(54-67(9)10)102(131)113(25)95(69(13)14)103(132)114(96)26/h27,29,37,39,58,64-73,76-82,87,94-97,120,134H,28,30-36,38,40-57,59-63H2,1-26H3/b29-27+/t70-,71?,72?,73?,76?,77?,78?,79+,80?,81?,82?,87+,94?,95?,96?,97-,105+,106+,107+/m1/s1. The predicted octanol–water partition coefficient (Wildman–Crippen LogP) is 10.1. The molecule has 4 fully saturated rings. The number of amides is 7. The maximum Gasteiger partial charge on any atom is 0.511 e. The Labute approximate surface area is 852 Å². The Bertz CT molecular complexity index is 4460. The number of aliphatic hydroxyl groups is 2. The summed E-state index contributed by atoms with van der Waals surface area (Å²) in [6.45, 7) is 32.3. The second-order valence-corrected chi connectivity index (χ2v) is 43.1. The highest BCUT2D eigenvalue weighted by atomic mass is 16.8. The smallest absolute Gasteiger partial charge is 0.463 e. The average molecular weight is 2040 g/mol. The number of ketones is 6. The van der Waals surface area contributed by atoms with Crippen LogP contribution in [-0.4, -0.2) is 340 Å². The molecule has 1 saturated heterocycles. The Morgan fingerprint density at radius 3 is 1.45 bits per heavy atom. The number of hydrogen-bond acceptors (Lipinski definition) is 30. The largest absolute Gasteiger partial charge is 0.511 e. The van der Waals surface area contributed by atoms with Crippen molar-refractivity contribution in [2.45, 2.75) is 308 Å². The second-order valence-electron chi connectivity index (χ2n) is 43.1. The molecule has 37 nitrogen and oxygen atoms in total. The van der Waals surface area contributed by atoms with Gasteiger partial charge in [-0.2, -0.15) is 0 Å². The van der Waals surface area contributed by atoms with Crippen LogP contribution < -0.4 is 0 Å². The first-order chi connectivity index (χ1) is 67.5. The molecule has 7 amide bonds. The van der Waals surface area contributed by atoms with Crippen LogP contribution in [0.1, 0.15) is 254 Å². The van der Waals surface area contributed by atoms with Crippen LogP contribution in [0.4, 0.5) is 4.79 Å². The number of carbonyl (C=O) groups is 18. The average Bonchev–Trinajstić information content (AvgIpc) is 1.48. The minimum absolute atomic E-state index is 0.000726. The van der Waals surface area contributed by atoms with Gasteiger partial charge in [-0.1, -0.05) is 148 Å². The van der Waals surface area contributed by atoms with Crippen molar-refractivity contribution in [2.24, 2.45) is 93.7 Å². The molecule has 0 spiro atoms. The number of rotatable bonds is 42. The quantitative estimate of drug-likeness (QED) is 0.0188. The van der Waals surface area contributed by atoms with Crippen LogP contribution in [0.2, 0.25) is 0 Å². The van der Waals surface area contributed by atoms with Crippen LogP contribution in [0.15, 0.2) is 36.0 Å². The highest BCUT2D eigenvalue weighted by Gasteiger charge is 2.68. The lowest BCUT2D eigenvalue weighted by molar-refractivity contribution is -0.181. The Morgan fingerprint density at radius 1 is 0.493 bits per heavy atom. The van der Waals surface area contributed by atoms with Gasteiger partial charge in [-0.3, -0.25) is 81.5 Å². The zero-order valence-corrected chi connectivity index (χ0v) is 90.7. The molecular formula is C107H171N7O30. The number of fused-ring (bicyclic) bond motifs is 5. The fourth-order valence-electron chi connectivity index (χ4n) is 21.1.